The van der Waals surface area contributed by atoms with Crippen molar-refractivity contribution < 1.29 is 34.7 Å². The van der Waals surface area contributed by atoms with E-state index in [1.54, 1.807) is 0 Å². The third kappa shape index (κ3) is 5.43. The quantitative estimate of drug-likeness (QED) is 0.706. The molecule has 1 heterocycles. The number of halogens is 3. The Morgan fingerprint density at radius 3 is 2.17 bits per heavy atom. The fraction of sp³-hybridized carbons (Fsp3) is 0.333. The molecule has 0 aromatic heterocycles. The Kier molecular flexibility index (Phi) is 6.29. The number of hydrogen-bond acceptors (Lipinski definition) is 5. The molecule has 0 bridgehead atoms. The van der Waals surface area contributed by atoms with E-state index in [0.29, 0.717) is 13.1 Å². The topological polar surface area (TPSA) is 92.8 Å². The van der Waals surface area contributed by atoms with Crippen LogP contribution in [0.5, 0.6) is 5.75 Å². The van der Waals surface area contributed by atoms with Crippen LogP contribution in [0.4, 0.5) is 18.9 Å². The zero-order chi connectivity index (χ0) is 22.0. The number of piperidine rings is 1. The van der Waals surface area contributed by atoms with Crippen molar-refractivity contribution in [3.63, 3.8) is 0 Å². The van der Waals surface area contributed by atoms with Crippen LogP contribution < -0.4 is 9.46 Å². The fourth-order valence-electron chi connectivity index (χ4n) is 3.03. The molecule has 164 valence electrons. The van der Waals surface area contributed by atoms with Gasteiger partial charge in [-0.2, -0.15) is 4.31 Å². The van der Waals surface area contributed by atoms with E-state index >= 15 is 0 Å². The minimum Gasteiger partial charge on any atom is -0.406 e. The van der Waals surface area contributed by atoms with Gasteiger partial charge in [0.1, 0.15) is 5.75 Å². The molecule has 0 atom stereocenters. The molecule has 0 unspecified atom stereocenters. The van der Waals surface area contributed by atoms with Gasteiger partial charge in [-0.05, 0) is 43.2 Å². The number of anilines is 1. The van der Waals surface area contributed by atoms with Crippen molar-refractivity contribution in [2.45, 2.75) is 35.4 Å². The summed E-state index contributed by atoms with van der Waals surface area (Å²) >= 11 is 0. The van der Waals surface area contributed by atoms with Gasteiger partial charge in [-0.1, -0.05) is 18.6 Å². The Morgan fingerprint density at radius 2 is 1.50 bits per heavy atom. The number of nitrogens with zero attached hydrogens (tertiary/aromatic N) is 1. The molecule has 30 heavy (non-hydrogen) atoms. The molecule has 0 aliphatic carbocycles. The highest BCUT2D eigenvalue weighted by Gasteiger charge is 2.31. The third-order valence-electron chi connectivity index (χ3n) is 4.39. The Bertz CT molecular complexity index is 1110. The normalized spacial score (nSPS) is 16.2. The molecule has 1 saturated heterocycles. The average Bonchev–Trinajstić information content (AvgIpc) is 2.67. The van der Waals surface area contributed by atoms with Crippen LogP contribution in [-0.4, -0.2) is 40.6 Å². The van der Waals surface area contributed by atoms with E-state index in [4.69, 9.17) is 0 Å². The Hall–Kier alpha value is -2.31. The standard InChI is InChI=1S/C18H19F3N2O5S2/c19-18(20,21)28-15-7-5-8-16(13-15)29(24,25)22-14-6-4-9-17(12-14)30(26,27)23-10-2-1-3-11-23/h4-9,12-13,22H,1-3,10-11H2. The molecule has 7 nitrogen and oxygen atoms in total. The summed E-state index contributed by atoms with van der Waals surface area (Å²) in [5.41, 5.74) is -0.0322. The fourth-order valence-corrected chi connectivity index (χ4v) is 5.67. The van der Waals surface area contributed by atoms with Crippen LogP contribution in [0.3, 0.4) is 0 Å². The molecular weight excluding hydrogens is 445 g/mol. The molecule has 1 N–H and O–H groups in total. The highest BCUT2D eigenvalue weighted by atomic mass is 32.2. The summed E-state index contributed by atoms with van der Waals surface area (Å²) in [4.78, 5) is -0.535. The highest BCUT2D eigenvalue weighted by Crippen LogP contribution is 2.27. The van der Waals surface area contributed by atoms with Gasteiger partial charge in [-0.15, -0.1) is 13.2 Å². The van der Waals surface area contributed by atoms with Crippen LogP contribution >= 0.6 is 0 Å². The zero-order valence-corrected chi connectivity index (χ0v) is 17.2. The van der Waals surface area contributed by atoms with Crippen molar-refractivity contribution in [1.29, 1.82) is 0 Å². The number of sulfonamides is 2. The number of hydrogen-bond donors (Lipinski definition) is 1. The van der Waals surface area contributed by atoms with Crippen LogP contribution in [-0.2, 0) is 20.0 Å². The SMILES string of the molecule is O=S(=O)(Nc1cccc(S(=O)(=O)N2CCCCC2)c1)c1cccc(OC(F)(F)F)c1. The molecule has 0 amide bonds. The minimum atomic E-state index is -4.97. The van der Waals surface area contributed by atoms with E-state index in [1.165, 1.54) is 28.6 Å². The summed E-state index contributed by atoms with van der Waals surface area (Å²) in [6, 6.07) is 9.17. The van der Waals surface area contributed by atoms with Gasteiger partial charge >= 0.3 is 6.36 Å². The summed E-state index contributed by atoms with van der Waals surface area (Å²) in [5.74, 6) is -0.688. The largest absolute Gasteiger partial charge is 0.573 e. The first-order valence-electron chi connectivity index (χ1n) is 8.96. The van der Waals surface area contributed by atoms with E-state index in [-0.39, 0.29) is 10.6 Å². The van der Waals surface area contributed by atoms with E-state index in [0.717, 1.165) is 43.5 Å². The third-order valence-corrected chi connectivity index (χ3v) is 7.66. The van der Waals surface area contributed by atoms with Gasteiger partial charge in [0.15, 0.2) is 0 Å². The first-order chi connectivity index (χ1) is 14.0. The lowest BCUT2D eigenvalue weighted by atomic mass is 10.2. The van der Waals surface area contributed by atoms with Gasteiger partial charge in [0, 0.05) is 19.2 Å². The number of benzene rings is 2. The highest BCUT2D eigenvalue weighted by molar-refractivity contribution is 7.92. The maximum Gasteiger partial charge on any atom is 0.573 e. The molecule has 1 aliphatic heterocycles. The molecule has 1 fully saturated rings. The molecule has 0 saturated carbocycles. The number of ether oxygens (including phenoxy) is 1. The predicted octanol–water partition coefficient (Wildman–Crippen LogP) is 3.56. The van der Waals surface area contributed by atoms with Crippen LogP contribution in [0.25, 0.3) is 0 Å². The van der Waals surface area contributed by atoms with Crippen LogP contribution in [0, 0.1) is 0 Å². The predicted molar refractivity (Wildman–Crippen MR) is 103 cm³/mol. The van der Waals surface area contributed by atoms with Crippen molar-refractivity contribution in [1.82, 2.24) is 4.31 Å². The molecule has 2 aromatic rings. The molecular formula is C18H19F3N2O5S2. The second-order valence-corrected chi connectivity index (χ2v) is 10.2. The summed E-state index contributed by atoms with van der Waals surface area (Å²) in [7, 11) is -8.06. The first-order valence-corrected chi connectivity index (χ1v) is 11.9. The minimum absolute atomic E-state index is 0.0322. The summed E-state index contributed by atoms with van der Waals surface area (Å²) in [5, 5.41) is 0. The van der Waals surface area contributed by atoms with Crippen LogP contribution in [0.2, 0.25) is 0 Å². The Balaban J connectivity index is 1.84. The molecule has 12 heteroatoms. The lowest BCUT2D eigenvalue weighted by Crippen LogP contribution is -2.35. The smallest absolute Gasteiger partial charge is 0.406 e. The average molecular weight is 464 g/mol. The number of alkyl halides is 3. The summed E-state index contributed by atoms with van der Waals surface area (Å²) in [6.07, 6.45) is -2.51. The van der Waals surface area contributed by atoms with Gasteiger partial charge in [0.25, 0.3) is 10.0 Å². The lowest BCUT2D eigenvalue weighted by molar-refractivity contribution is -0.274. The van der Waals surface area contributed by atoms with Gasteiger partial charge in [-0.25, -0.2) is 16.8 Å². The summed E-state index contributed by atoms with van der Waals surface area (Å²) in [6.45, 7) is 0.786. The molecule has 0 radical (unpaired) electrons. The number of nitrogens with one attached hydrogen (secondary N) is 1. The van der Waals surface area contributed by atoms with Crippen molar-refractivity contribution >= 4 is 25.7 Å². The Morgan fingerprint density at radius 1 is 0.867 bits per heavy atom. The van der Waals surface area contributed by atoms with Gasteiger partial charge in [0.05, 0.1) is 15.5 Å². The first kappa shape index (κ1) is 22.4. The summed E-state index contributed by atoms with van der Waals surface area (Å²) < 4.78 is 95.1. The van der Waals surface area contributed by atoms with E-state index in [9.17, 15) is 30.0 Å². The van der Waals surface area contributed by atoms with Crippen molar-refractivity contribution in [2.24, 2.45) is 0 Å². The molecule has 3 rings (SSSR count). The van der Waals surface area contributed by atoms with Crippen molar-refractivity contribution in [3.05, 3.63) is 48.5 Å². The molecule has 0 spiro atoms. The second-order valence-electron chi connectivity index (χ2n) is 6.62. The Labute approximate surface area is 172 Å². The number of rotatable bonds is 6. The van der Waals surface area contributed by atoms with Gasteiger partial charge in [0.2, 0.25) is 10.0 Å². The maximum atomic E-state index is 12.8. The maximum absolute atomic E-state index is 12.8. The van der Waals surface area contributed by atoms with Gasteiger partial charge in [-0.3, -0.25) is 4.72 Å². The molecule has 2 aromatic carbocycles. The van der Waals surface area contributed by atoms with Crippen molar-refractivity contribution in [2.75, 3.05) is 17.8 Å². The zero-order valence-electron chi connectivity index (χ0n) is 15.6. The second kappa shape index (κ2) is 8.44. The molecule has 1 aliphatic rings. The van der Waals surface area contributed by atoms with Crippen LogP contribution in [0.1, 0.15) is 19.3 Å². The van der Waals surface area contributed by atoms with E-state index < -0.39 is 37.1 Å². The monoisotopic (exact) mass is 464 g/mol. The van der Waals surface area contributed by atoms with E-state index in [1.807, 2.05) is 0 Å². The van der Waals surface area contributed by atoms with Gasteiger partial charge < -0.3 is 4.74 Å². The van der Waals surface area contributed by atoms with Crippen LogP contribution in [0.15, 0.2) is 58.3 Å². The van der Waals surface area contributed by atoms with Crippen molar-refractivity contribution in [3.8, 4) is 5.75 Å². The lowest BCUT2D eigenvalue weighted by Gasteiger charge is -2.26. The van der Waals surface area contributed by atoms with E-state index in [2.05, 4.69) is 9.46 Å².